The minimum absolute atomic E-state index is 0.200. The molecule has 0 aliphatic carbocycles. The van der Waals surface area contributed by atoms with Gasteiger partial charge in [-0.05, 0) is 18.3 Å². The molecule has 0 unspecified atom stereocenters. The van der Waals surface area contributed by atoms with Crippen LogP contribution in [0.5, 0.6) is 0 Å². The molecule has 0 saturated heterocycles. The van der Waals surface area contributed by atoms with Gasteiger partial charge in [-0.2, -0.15) is 10.5 Å². The number of nitriles is 2. The Bertz CT molecular complexity index is 177. The maximum Gasteiger partial charge on any atom is 0.0621 e. The van der Waals surface area contributed by atoms with Crippen LogP contribution in [0.15, 0.2) is 0 Å². The third-order valence-corrected chi connectivity index (χ3v) is 2.53. The maximum atomic E-state index is 8.44. The van der Waals surface area contributed by atoms with Gasteiger partial charge in [0.25, 0.3) is 0 Å². The van der Waals surface area contributed by atoms with Crippen LogP contribution < -0.4 is 0 Å². The molecule has 0 fully saturated rings. The third kappa shape index (κ3) is 3.98. The highest BCUT2D eigenvalue weighted by atomic mass is 14.3. The van der Waals surface area contributed by atoms with Crippen molar-refractivity contribution in [3.8, 4) is 12.1 Å². The highest BCUT2D eigenvalue weighted by Crippen LogP contribution is 2.32. The molecule has 0 amide bonds. The van der Waals surface area contributed by atoms with Crippen LogP contribution in [0.25, 0.3) is 0 Å². The van der Waals surface area contributed by atoms with Crippen molar-refractivity contribution >= 4 is 0 Å². The molecule has 0 aliphatic rings. The second-order valence-corrected chi connectivity index (χ2v) is 3.48. The van der Waals surface area contributed by atoms with Gasteiger partial charge in [-0.1, -0.05) is 20.3 Å². The first-order chi connectivity index (χ1) is 5.68. The lowest BCUT2D eigenvalue weighted by molar-refractivity contribution is 0.267. The maximum absolute atomic E-state index is 8.44. The van der Waals surface area contributed by atoms with Crippen molar-refractivity contribution in [2.45, 2.75) is 46.0 Å². The zero-order valence-electron chi connectivity index (χ0n) is 7.93. The number of rotatable bonds is 5. The van der Waals surface area contributed by atoms with Crippen LogP contribution in [-0.2, 0) is 0 Å². The van der Waals surface area contributed by atoms with E-state index < -0.39 is 0 Å². The lowest BCUT2D eigenvalue weighted by Crippen LogP contribution is -2.14. The molecule has 0 aromatic rings. The Balaban J connectivity index is 3.90. The van der Waals surface area contributed by atoms with Gasteiger partial charge in [-0.25, -0.2) is 0 Å². The summed E-state index contributed by atoms with van der Waals surface area (Å²) in [6.07, 6.45) is 4.10. The Morgan fingerprint density at radius 3 is 1.75 bits per heavy atom. The standard InChI is InChI=1S/C10H16N2/c1-3-10(2,6-4-8-11)7-5-9-12/h3-7H2,1-2H3. The molecule has 0 aromatic carbocycles. The van der Waals surface area contributed by atoms with Crippen molar-refractivity contribution in [3.63, 3.8) is 0 Å². The van der Waals surface area contributed by atoms with E-state index in [2.05, 4.69) is 26.0 Å². The van der Waals surface area contributed by atoms with Crippen LogP contribution in [0.3, 0.4) is 0 Å². The summed E-state index contributed by atoms with van der Waals surface area (Å²) in [6.45, 7) is 4.27. The summed E-state index contributed by atoms with van der Waals surface area (Å²) in [7, 11) is 0. The first kappa shape index (κ1) is 11.0. The highest BCUT2D eigenvalue weighted by molar-refractivity contribution is 4.83. The number of hydrogen-bond donors (Lipinski definition) is 0. The van der Waals surface area contributed by atoms with Gasteiger partial charge in [0.05, 0.1) is 12.1 Å². The molecule has 0 atom stereocenters. The summed E-state index contributed by atoms with van der Waals surface area (Å²) in [6, 6.07) is 4.30. The summed E-state index contributed by atoms with van der Waals surface area (Å²) in [5.41, 5.74) is 0.200. The van der Waals surface area contributed by atoms with E-state index in [0.717, 1.165) is 19.3 Å². The molecule has 0 spiro atoms. The van der Waals surface area contributed by atoms with Crippen molar-refractivity contribution in [2.24, 2.45) is 5.41 Å². The predicted molar refractivity (Wildman–Crippen MR) is 48.1 cm³/mol. The van der Waals surface area contributed by atoms with Crippen molar-refractivity contribution < 1.29 is 0 Å². The second-order valence-electron chi connectivity index (χ2n) is 3.48. The minimum atomic E-state index is 0.200. The van der Waals surface area contributed by atoms with Crippen LogP contribution in [0.4, 0.5) is 0 Å². The monoisotopic (exact) mass is 164 g/mol. The van der Waals surface area contributed by atoms with Crippen LogP contribution in [0.1, 0.15) is 46.0 Å². The number of hydrogen-bond acceptors (Lipinski definition) is 2. The average Bonchev–Trinajstić information content (AvgIpc) is 2.11. The normalized spacial score (nSPS) is 10.3. The molecule has 0 N–H and O–H groups in total. The molecule has 0 bridgehead atoms. The largest absolute Gasteiger partial charge is 0.198 e. The molecule has 0 heterocycles. The van der Waals surface area contributed by atoms with E-state index in [1.165, 1.54) is 0 Å². The van der Waals surface area contributed by atoms with E-state index >= 15 is 0 Å². The summed E-state index contributed by atoms with van der Waals surface area (Å²) in [5.74, 6) is 0. The fourth-order valence-electron chi connectivity index (χ4n) is 1.19. The fourth-order valence-corrected chi connectivity index (χ4v) is 1.19. The van der Waals surface area contributed by atoms with Gasteiger partial charge >= 0.3 is 0 Å². The van der Waals surface area contributed by atoms with Crippen molar-refractivity contribution in [2.75, 3.05) is 0 Å². The van der Waals surface area contributed by atoms with Gasteiger partial charge in [-0.15, -0.1) is 0 Å². The van der Waals surface area contributed by atoms with Crippen LogP contribution in [0, 0.1) is 28.1 Å². The molecule has 0 saturated carbocycles. The Labute approximate surface area is 74.8 Å². The Kier molecular flexibility index (Phi) is 5.13. The van der Waals surface area contributed by atoms with E-state index in [0.29, 0.717) is 12.8 Å². The smallest absolute Gasteiger partial charge is 0.0621 e. The average molecular weight is 164 g/mol. The van der Waals surface area contributed by atoms with E-state index in [1.54, 1.807) is 0 Å². The highest BCUT2D eigenvalue weighted by Gasteiger charge is 2.20. The van der Waals surface area contributed by atoms with E-state index in [9.17, 15) is 0 Å². The van der Waals surface area contributed by atoms with Crippen molar-refractivity contribution in [1.29, 1.82) is 10.5 Å². The molecule has 66 valence electrons. The third-order valence-electron chi connectivity index (χ3n) is 2.53. The SMILES string of the molecule is CCC(C)(CCC#N)CCC#N. The number of nitrogens with zero attached hydrogens (tertiary/aromatic N) is 2. The van der Waals surface area contributed by atoms with Crippen molar-refractivity contribution in [3.05, 3.63) is 0 Å². The fraction of sp³-hybridized carbons (Fsp3) is 0.800. The minimum Gasteiger partial charge on any atom is -0.198 e. The van der Waals surface area contributed by atoms with Gasteiger partial charge in [0, 0.05) is 12.8 Å². The zero-order chi connectivity index (χ0) is 9.45. The molecular weight excluding hydrogens is 148 g/mol. The molecule has 2 heteroatoms. The summed E-state index contributed by atoms with van der Waals surface area (Å²) >= 11 is 0. The zero-order valence-corrected chi connectivity index (χ0v) is 7.93. The molecule has 0 aromatic heterocycles. The Morgan fingerprint density at radius 1 is 1.08 bits per heavy atom. The van der Waals surface area contributed by atoms with Crippen LogP contribution >= 0.6 is 0 Å². The lowest BCUT2D eigenvalue weighted by atomic mass is 9.79. The quantitative estimate of drug-likeness (QED) is 0.627. The first-order valence-corrected chi connectivity index (χ1v) is 4.42. The van der Waals surface area contributed by atoms with Gasteiger partial charge < -0.3 is 0 Å². The van der Waals surface area contributed by atoms with Crippen molar-refractivity contribution in [1.82, 2.24) is 0 Å². The molecule has 0 aliphatic heterocycles. The molecule has 12 heavy (non-hydrogen) atoms. The second kappa shape index (κ2) is 5.61. The van der Waals surface area contributed by atoms with Gasteiger partial charge in [-0.3, -0.25) is 0 Å². The summed E-state index contributed by atoms with van der Waals surface area (Å²) < 4.78 is 0. The predicted octanol–water partition coefficient (Wildman–Crippen LogP) is 3.01. The molecule has 0 rings (SSSR count). The van der Waals surface area contributed by atoms with E-state index in [-0.39, 0.29) is 5.41 Å². The van der Waals surface area contributed by atoms with Gasteiger partial charge in [0.15, 0.2) is 0 Å². The summed E-state index contributed by atoms with van der Waals surface area (Å²) in [5, 5.41) is 16.9. The van der Waals surface area contributed by atoms with Gasteiger partial charge in [0.1, 0.15) is 0 Å². The van der Waals surface area contributed by atoms with Gasteiger partial charge in [0.2, 0.25) is 0 Å². The van der Waals surface area contributed by atoms with E-state index in [1.807, 2.05) is 0 Å². The topological polar surface area (TPSA) is 47.6 Å². The molecular formula is C10H16N2. The molecule has 2 nitrogen and oxygen atoms in total. The van der Waals surface area contributed by atoms with E-state index in [4.69, 9.17) is 10.5 Å². The first-order valence-electron chi connectivity index (χ1n) is 4.42. The Hall–Kier alpha value is -1.02. The molecule has 0 radical (unpaired) electrons. The van der Waals surface area contributed by atoms with Crippen LogP contribution in [-0.4, -0.2) is 0 Å². The lowest BCUT2D eigenvalue weighted by Gasteiger charge is -2.25. The Morgan fingerprint density at radius 2 is 1.50 bits per heavy atom. The van der Waals surface area contributed by atoms with Crippen LogP contribution in [0.2, 0.25) is 0 Å². The summed E-state index contributed by atoms with van der Waals surface area (Å²) in [4.78, 5) is 0.